The number of rotatable bonds is 7. The number of nitrogens with one attached hydrogen (secondary N) is 1. The molecule has 1 aromatic carbocycles. The van der Waals surface area contributed by atoms with E-state index in [0.717, 1.165) is 0 Å². The molecule has 0 aliphatic carbocycles. The minimum atomic E-state index is -3.77. The minimum Gasteiger partial charge on any atom is -0.492 e. The van der Waals surface area contributed by atoms with Gasteiger partial charge in [-0.3, -0.25) is 0 Å². The predicted molar refractivity (Wildman–Crippen MR) is 104 cm³/mol. The molecule has 1 aromatic heterocycles. The van der Waals surface area contributed by atoms with E-state index in [1.807, 2.05) is 4.90 Å². The second kappa shape index (κ2) is 8.96. The molecular weight excluding hydrogens is 436 g/mol. The Kier molecular flexibility index (Phi) is 6.64. The number of morpholine rings is 1. The average molecular weight is 457 g/mol. The molecule has 2 aromatic rings. The van der Waals surface area contributed by atoms with Crippen LogP contribution in [0.4, 0.5) is 5.95 Å². The Bertz CT molecular complexity index is 888. The first-order valence-electron chi connectivity index (χ1n) is 8.56. The summed E-state index contributed by atoms with van der Waals surface area (Å²) in [6.07, 6.45) is 1.63. The van der Waals surface area contributed by atoms with Crippen LogP contribution in [0, 0.1) is 0 Å². The standard InChI is InChI=1S/C17H21BrN4O4S/c1-2-26-15-4-3-13(18)11-16(15)27(23,24)20-12-14-5-6-19-17(21-14)22-7-9-25-10-8-22/h3-6,11,20H,2,7-10,12H2,1H3. The van der Waals surface area contributed by atoms with Crippen LogP contribution in [0.3, 0.4) is 0 Å². The molecule has 8 nitrogen and oxygen atoms in total. The topological polar surface area (TPSA) is 93.7 Å². The number of halogens is 1. The third-order valence-corrected chi connectivity index (χ3v) is 5.85. The molecule has 0 spiro atoms. The molecule has 0 amide bonds. The SMILES string of the molecule is CCOc1ccc(Br)cc1S(=O)(=O)NCc1ccnc(N2CCOCC2)n1. The van der Waals surface area contributed by atoms with E-state index in [9.17, 15) is 8.42 Å². The predicted octanol–water partition coefficient (Wildman–Crippen LogP) is 1.95. The third-order valence-electron chi connectivity index (χ3n) is 3.93. The van der Waals surface area contributed by atoms with Crippen molar-refractivity contribution in [2.75, 3.05) is 37.8 Å². The minimum absolute atomic E-state index is 0.0558. The van der Waals surface area contributed by atoms with Crippen LogP contribution in [0.15, 0.2) is 39.8 Å². The van der Waals surface area contributed by atoms with Crippen LogP contribution >= 0.6 is 15.9 Å². The number of aromatic nitrogens is 2. The molecule has 0 saturated carbocycles. The first-order valence-corrected chi connectivity index (χ1v) is 10.8. The highest BCUT2D eigenvalue weighted by Gasteiger charge is 2.21. The fourth-order valence-electron chi connectivity index (χ4n) is 2.61. The molecule has 27 heavy (non-hydrogen) atoms. The normalized spacial score (nSPS) is 15.0. The van der Waals surface area contributed by atoms with E-state index in [-0.39, 0.29) is 11.4 Å². The quantitative estimate of drug-likeness (QED) is 0.680. The van der Waals surface area contributed by atoms with Gasteiger partial charge in [0, 0.05) is 23.8 Å². The second-order valence-corrected chi connectivity index (χ2v) is 8.45. The van der Waals surface area contributed by atoms with E-state index in [2.05, 4.69) is 30.6 Å². The maximum atomic E-state index is 12.8. The summed E-state index contributed by atoms with van der Waals surface area (Å²) < 4.78 is 39.5. The van der Waals surface area contributed by atoms with Crippen LogP contribution in [0.5, 0.6) is 5.75 Å². The molecule has 1 aliphatic rings. The average Bonchev–Trinajstić information content (AvgIpc) is 2.69. The summed E-state index contributed by atoms with van der Waals surface area (Å²) in [5, 5.41) is 0. The van der Waals surface area contributed by atoms with Crippen LogP contribution in [-0.2, 0) is 21.3 Å². The molecule has 146 valence electrons. The molecule has 1 N–H and O–H groups in total. The molecule has 1 saturated heterocycles. The van der Waals surface area contributed by atoms with E-state index in [1.165, 1.54) is 6.07 Å². The summed E-state index contributed by atoms with van der Waals surface area (Å²) in [6.45, 7) is 4.92. The zero-order chi connectivity index (χ0) is 19.3. The van der Waals surface area contributed by atoms with Gasteiger partial charge in [0.15, 0.2) is 0 Å². The molecule has 0 unspecified atom stereocenters. The smallest absolute Gasteiger partial charge is 0.244 e. The maximum Gasteiger partial charge on any atom is 0.244 e. The van der Waals surface area contributed by atoms with Crippen molar-refractivity contribution in [2.45, 2.75) is 18.4 Å². The monoisotopic (exact) mass is 456 g/mol. The highest BCUT2D eigenvalue weighted by atomic mass is 79.9. The number of benzene rings is 1. The van der Waals surface area contributed by atoms with Crippen LogP contribution in [0.1, 0.15) is 12.6 Å². The molecule has 0 bridgehead atoms. The van der Waals surface area contributed by atoms with Gasteiger partial charge < -0.3 is 14.4 Å². The number of nitrogens with zero attached hydrogens (tertiary/aromatic N) is 3. The fourth-order valence-corrected chi connectivity index (χ4v) is 4.29. The summed E-state index contributed by atoms with van der Waals surface area (Å²) in [6, 6.07) is 6.58. The van der Waals surface area contributed by atoms with Crippen molar-refractivity contribution in [2.24, 2.45) is 0 Å². The van der Waals surface area contributed by atoms with Crippen LogP contribution in [0.25, 0.3) is 0 Å². The fraction of sp³-hybridized carbons (Fsp3) is 0.412. The third kappa shape index (κ3) is 5.16. The summed E-state index contributed by atoms with van der Waals surface area (Å²) >= 11 is 3.31. The number of anilines is 1. The van der Waals surface area contributed by atoms with Gasteiger partial charge in [0.25, 0.3) is 0 Å². The molecule has 1 aliphatic heterocycles. The van der Waals surface area contributed by atoms with Gasteiger partial charge in [0.2, 0.25) is 16.0 Å². The summed E-state index contributed by atoms with van der Waals surface area (Å²) in [7, 11) is -3.77. The maximum absolute atomic E-state index is 12.8. The highest BCUT2D eigenvalue weighted by molar-refractivity contribution is 9.10. The summed E-state index contributed by atoms with van der Waals surface area (Å²) in [4.78, 5) is 10.8. The summed E-state index contributed by atoms with van der Waals surface area (Å²) in [5.41, 5.74) is 0.586. The molecule has 10 heteroatoms. The first-order chi connectivity index (χ1) is 13.0. The lowest BCUT2D eigenvalue weighted by Crippen LogP contribution is -2.37. The summed E-state index contributed by atoms with van der Waals surface area (Å²) in [5.74, 6) is 0.886. The Morgan fingerprint density at radius 2 is 2.07 bits per heavy atom. The van der Waals surface area contributed by atoms with Crippen molar-refractivity contribution in [3.8, 4) is 5.75 Å². The zero-order valence-electron chi connectivity index (χ0n) is 14.9. The number of hydrogen-bond donors (Lipinski definition) is 1. The Labute approximate surface area is 167 Å². The van der Waals surface area contributed by atoms with Gasteiger partial charge in [0.1, 0.15) is 10.6 Å². The van der Waals surface area contributed by atoms with E-state index in [0.29, 0.717) is 54.8 Å². The highest BCUT2D eigenvalue weighted by Crippen LogP contribution is 2.27. The van der Waals surface area contributed by atoms with Crippen molar-refractivity contribution in [1.82, 2.24) is 14.7 Å². The van der Waals surface area contributed by atoms with Crippen LogP contribution in [0.2, 0.25) is 0 Å². The second-order valence-electron chi connectivity index (χ2n) is 5.80. The molecule has 0 atom stereocenters. The number of ether oxygens (including phenoxy) is 2. The van der Waals surface area contributed by atoms with Crippen molar-refractivity contribution in [3.05, 3.63) is 40.6 Å². The van der Waals surface area contributed by atoms with Crippen molar-refractivity contribution in [1.29, 1.82) is 0 Å². The van der Waals surface area contributed by atoms with Gasteiger partial charge >= 0.3 is 0 Å². The van der Waals surface area contributed by atoms with Crippen LogP contribution < -0.4 is 14.4 Å². The largest absolute Gasteiger partial charge is 0.492 e. The van der Waals surface area contributed by atoms with E-state index in [4.69, 9.17) is 9.47 Å². The van der Waals surface area contributed by atoms with E-state index in [1.54, 1.807) is 31.3 Å². The zero-order valence-corrected chi connectivity index (χ0v) is 17.3. The van der Waals surface area contributed by atoms with Crippen molar-refractivity contribution in [3.63, 3.8) is 0 Å². The lowest BCUT2D eigenvalue weighted by atomic mass is 10.3. The number of sulfonamides is 1. The Morgan fingerprint density at radius 1 is 1.30 bits per heavy atom. The Hall–Kier alpha value is -1.75. The van der Waals surface area contributed by atoms with E-state index < -0.39 is 10.0 Å². The first kappa shape index (κ1) is 20.0. The van der Waals surface area contributed by atoms with Gasteiger partial charge in [-0.15, -0.1) is 0 Å². The van der Waals surface area contributed by atoms with Crippen LogP contribution in [-0.4, -0.2) is 51.3 Å². The molecule has 1 fully saturated rings. The van der Waals surface area contributed by atoms with Crippen molar-refractivity contribution < 1.29 is 17.9 Å². The Morgan fingerprint density at radius 3 is 2.81 bits per heavy atom. The molecule has 0 radical (unpaired) electrons. The Balaban J connectivity index is 1.75. The lowest BCUT2D eigenvalue weighted by Gasteiger charge is -2.26. The van der Waals surface area contributed by atoms with Gasteiger partial charge in [0.05, 0.1) is 32.1 Å². The van der Waals surface area contributed by atoms with Crippen molar-refractivity contribution >= 4 is 31.9 Å². The molecule has 2 heterocycles. The van der Waals surface area contributed by atoms with Gasteiger partial charge in [-0.1, -0.05) is 15.9 Å². The van der Waals surface area contributed by atoms with Gasteiger partial charge in [-0.05, 0) is 31.2 Å². The van der Waals surface area contributed by atoms with Gasteiger partial charge in [-0.25, -0.2) is 23.1 Å². The molecule has 3 rings (SSSR count). The van der Waals surface area contributed by atoms with Gasteiger partial charge in [-0.2, -0.15) is 0 Å². The lowest BCUT2D eigenvalue weighted by molar-refractivity contribution is 0.122. The number of hydrogen-bond acceptors (Lipinski definition) is 7. The van der Waals surface area contributed by atoms with E-state index >= 15 is 0 Å². The molecular formula is C17H21BrN4O4S.